The molecule has 4 aromatic rings. The van der Waals surface area contributed by atoms with Gasteiger partial charge in [0.2, 0.25) is 0 Å². The van der Waals surface area contributed by atoms with Crippen molar-refractivity contribution in [2.24, 2.45) is 0 Å². The number of nitrogens with zero attached hydrogens (tertiary/aromatic N) is 4. The van der Waals surface area contributed by atoms with Gasteiger partial charge in [0, 0.05) is 11.1 Å². The first-order chi connectivity index (χ1) is 15.1. The van der Waals surface area contributed by atoms with E-state index in [0.29, 0.717) is 29.1 Å². The van der Waals surface area contributed by atoms with Crippen molar-refractivity contribution in [1.82, 2.24) is 15.0 Å². The predicted molar refractivity (Wildman–Crippen MR) is 114 cm³/mol. The molecule has 0 radical (unpaired) electrons. The normalized spacial score (nSPS) is 17.7. The number of aliphatic hydroxyl groups is 1. The number of fused-ring (bicyclic) bond motifs is 1. The molecule has 0 bridgehead atoms. The van der Waals surface area contributed by atoms with Crippen molar-refractivity contribution < 1.29 is 15.0 Å². The number of phenolic OH excluding ortho intramolecular Hbond substituents is 1. The first-order valence-corrected chi connectivity index (χ1v) is 9.92. The van der Waals surface area contributed by atoms with E-state index >= 15 is 0 Å². The summed E-state index contributed by atoms with van der Waals surface area (Å²) in [6.07, 6.45) is 1.80. The molecule has 2 N–H and O–H groups in total. The van der Waals surface area contributed by atoms with Gasteiger partial charge < -0.3 is 15.1 Å². The van der Waals surface area contributed by atoms with Gasteiger partial charge in [-0.3, -0.25) is 4.79 Å². The lowest BCUT2D eigenvalue weighted by molar-refractivity contribution is -0.132. The van der Waals surface area contributed by atoms with Crippen LogP contribution in [0.25, 0.3) is 0 Å². The molecule has 1 aliphatic rings. The van der Waals surface area contributed by atoms with E-state index in [9.17, 15) is 15.0 Å². The Bertz CT molecular complexity index is 1250. The molecular formula is C24H20N4O3. The zero-order valence-electron chi connectivity index (χ0n) is 16.6. The Hall–Kier alpha value is -3.97. The third kappa shape index (κ3) is 3.25. The summed E-state index contributed by atoms with van der Waals surface area (Å²) in [6.45, 7) is 0.747. The Kier molecular flexibility index (Phi) is 4.52. The van der Waals surface area contributed by atoms with Crippen molar-refractivity contribution in [3.05, 3.63) is 107 Å². The minimum atomic E-state index is -1.88. The molecule has 1 atom stereocenters. The second-order valence-corrected chi connectivity index (χ2v) is 7.56. The van der Waals surface area contributed by atoms with Gasteiger partial charge in [-0.15, -0.1) is 5.10 Å². The van der Waals surface area contributed by atoms with Gasteiger partial charge in [0.25, 0.3) is 5.91 Å². The molecule has 7 heteroatoms. The molecule has 5 rings (SSSR count). The zero-order valence-corrected chi connectivity index (χ0v) is 16.6. The van der Waals surface area contributed by atoms with Crippen LogP contribution in [0.5, 0.6) is 5.75 Å². The molecule has 1 aromatic heterocycles. The topological polar surface area (TPSA) is 91.5 Å². The lowest BCUT2D eigenvalue weighted by Crippen LogP contribution is -2.40. The number of rotatable bonds is 5. The maximum atomic E-state index is 13.4. The van der Waals surface area contributed by atoms with E-state index in [4.69, 9.17) is 0 Å². The molecule has 1 amide bonds. The molecule has 0 fully saturated rings. The quantitative estimate of drug-likeness (QED) is 0.526. The van der Waals surface area contributed by atoms with E-state index in [1.807, 2.05) is 36.4 Å². The summed E-state index contributed by atoms with van der Waals surface area (Å²) in [5.74, 6) is -0.504. The minimum Gasteiger partial charge on any atom is -0.508 e. The highest BCUT2D eigenvalue weighted by Gasteiger charge is 2.51. The van der Waals surface area contributed by atoms with Crippen molar-refractivity contribution in [3.8, 4) is 5.75 Å². The van der Waals surface area contributed by atoms with Crippen LogP contribution in [0, 0.1) is 0 Å². The smallest absolute Gasteiger partial charge is 0.268 e. The summed E-state index contributed by atoms with van der Waals surface area (Å²) < 4.78 is 1.72. The highest BCUT2D eigenvalue weighted by Crippen LogP contribution is 2.45. The highest BCUT2D eigenvalue weighted by molar-refractivity contribution is 6.09. The lowest BCUT2D eigenvalue weighted by Gasteiger charge is -2.23. The monoisotopic (exact) mass is 412 g/mol. The fourth-order valence-corrected chi connectivity index (χ4v) is 4.02. The van der Waals surface area contributed by atoms with Crippen molar-refractivity contribution in [2.45, 2.75) is 18.7 Å². The summed E-state index contributed by atoms with van der Waals surface area (Å²) >= 11 is 0. The molecule has 1 unspecified atom stereocenters. The van der Waals surface area contributed by atoms with Crippen LogP contribution >= 0.6 is 0 Å². The van der Waals surface area contributed by atoms with Gasteiger partial charge in [0.1, 0.15) is 11.4 Å². The number of aromatic hydroxyl groups is 1. The molecule has 2 heterocycles. The van der Waals surface area contributed by atoms with E-state index < -0.39 is 11.5 Å². The average molecular weight is 412 g/mol. The maximum absolute atomic E-state index is 13.4. The number of amides is 1. The highest BCUT2D eigenvalue weighted by atomic mass is 16.3. The van der Waals surface area contributed by atoms with Crippen LogP contribution in [0.3, 0.4) is 0 Å². The SMILES string of the molecule is O=C1N(Cc2cn(Cc3ccccc3)nn2)c2ccccc2C1(O)c1cccc(O)c1. The maximum Gasteiger partial charge on any atom is 0.268 e. The molecule has 7 nitrogen and oxygen atoms in total. The fraction of sp³-hybridized carbons (Fsp3) is 0.125. The number of phenols is 1. The summed E-state index contributed by atoms with van der Waals surface area (Å²) in [6, 6.07) is 23.2. The predicted octanol–water partition coefficient (Wildman–Crippen LogP) is 2.81. The van der Waals surface area contributed by atoms with E-state index in [2.05, 4.69) is 10.3 Å². The molecule has 154 valence electrons. The van der Waals surface area contributed by atoms with Crippen LogP contribution in [0.2, 0.25) is 0 Å². The second-order valence-electron chi connectivity index (χ2n) is 7.56. The first-order valence-electron chi connectivity index (χ1n) is 9.92. The van der Waals surface area contributed by atoms with Gasteiger partial charge in [0.05, 0.1) is 25.0 Å². The number of hydrogen-bond donors (Lipinski definition) is 2. The van der Waals surface area contributed by atoms with Crippen LogP contribution in [0.1, 0.15) is 22.4 Å². The summed E-state index contributed by atoms with van der Waals surface area (Å²) in [5.41, 5.74) is 1.23. The molecule has 0 aliphatic carbocycles. The van der Waals surface area contributed by atoms with Crippen LogP contribution in [0.4, 0.5) is 5.69 Å². The number of carbonyl (C=O) groups is 1. The number of carbonyl (C=O) groups excluding carboxylic acids is 1. The number of aromatic nitrogens is 3. The van der Waals surface area contributed by atoms with E-state index in [1.54, 1.807) is 41.2 Å². The molecule has 0 saturated heterocycles. The molecule has 0 saturated carbocycles. The summed E-state index contributed by atoms with van der Waals surface area (Å²) in [7, 11) is 0. The van der Waals surface area contributed by atoms with Gasteiger partial charge in [-0.2, -0.15) is 0 Å². The van der Waals surface area contributed by atoms with Gasteiger partial charge in [-0.1, -0.05) is 65.9 Å². The first kappa shape index (κ1) is 19.0. The van der Waals surface area contributed by atoms with Crippen molar-refractivity contribution in [1.29, 1.82) is 0 Å². The number of hydrogen-bond acceptors (Lipinski definition) is 5. The van der Waals surface area contributed by atoms with Crippen molar-refractivity contribution in [2.75, 3.05) is 4.90 Å². The van der Waals surface area contributed by atoms with Crippen LogP contribution < -0.4 is 4.90 Å². The van der Waals surface area contributed by atoms with Crippen molar-refractivity contribution >= 4 is 11.6 Å². The van der Waals surface area contributed by atoms with Gasteiger partial charge in [-0.05, 0) is 23.8 Å². The fourth-order valence-electron chi connectivity index (χ4n) is 4.02. The Balaban J connectivity index is 1.46. The van der Waals surface area contributed by atoms with Crippen LogP contribution in [0.15, 0.2) is 85.1 Å². The standard InChI is InChI=1S/C24H20N4O3/c29-20-10-6-9-18(13-20)24(31)21-11-4-5-12-22(21)28(23(24)30)16-19-15-27(26-25-19)14-17-7-2-1-3-8-17/h1-13,15,29,31H,14,16H2. The van der Waals surface area contributed by atoms with Crippen molar-refractivity contribution in [3.63, 3.8) is 0 Å². The largest absolute Gasteiger partial charge is 0.508 e. The summed E-state index contributed by atoms with van der Waals surface area (Å²) in [5, 5.41) is 29.8. The van der Waals surface area contributed by atoms with E-state index in [1.165, 1.54) is 17.0 Å². The third-order valence-corrected chi connectivity index (χ3v) is 5.50. The van der Waals surface area contributed by atoms with E-state index in [-0.39, 0.29) is 12.3 Å². The average Bonchev–Trinajstić information content (AvgIpc) is 3.32. The van der Waals surface area contributed by atoms with Gasteiger partial charge in [0.15, 0.2) is 5.60 Å². The Labute approximate surface area is 178 Å². The number of para-hydroxylation sites is 1. The lowest BCUT2D eigenvalue weighted by atomic mass is 9.87. The summed E-state index contributed by atoms with van der Waals surface area (Å²) in [4.78, 5) is 14.9. The molecule has 31 heavy (non-hydrogen) atoms. The van der Waals surface area contributed by atoms with Crippen LogP contribution in [-0.2, 0) is 23.5 Å². The Morgan fingerprint density at radius 1 is 0.903 bits per heavy atom. The minimum absolute atomic E-state index is 0.0153. The molecule has 0 spiro atoms. The third-order valence-electron chi connectivity index (χ3n) is 5.50. The zero-order chi connectivity index (χ0) is 21.4. The number of benzene rings is 3. The van der Waals surface area contributed by atoms with E-state index in [0.717, 1.165) is 5.56 Å². The Morgan fingerprint density at radius 2 is 1.68 bits per heavy atom. The van der Waals surface area contributed by atoms with Gasteiger partial charge in [-0.25, -0.2) is 4.68 Å². The molecule has 3 aromatic carbocycles. The second kappa shape index (κ2) is 7.37. The Morgan fingerprint density at radius 3 is 2.48 bits per heavy atom. The van der Waals surface area contributed by atoms with Crippen LogP contribution in [-0.4, -0.2) is 31.1 Å². The van der Waals surface area contributed by atoms with Gasteiger partial charge >= 0.3 is 0 Å². The molecular weight excluding hydrogens is 392 g/mol. The molecule has 1 aliphatic heterocycles. The number of anilines is 1.